The maximum Gasteiger partial charge on any atom is 0.200 e. The summed E-state index contributed by atoms with van der Waals surface area (Å²) in [7, 11) is 1.64. The van der Waals surface area contributed by atoms with Gasteiger partial charge in [-0.05, 0) is 53.4 Å². The van der Waals surface area contributed by atoms with Gasteiger partial charge in [0.15, 0.2) is 11.5 Å². The van der Waals surface area contributed by atoms with Gasteiger partial charge in [0.05, 0.1) is 18.1 Å². The number of fused-ring (bicyclic) bond motifs is 2. The fraction of sp³-hybridized carbons (Fsp3) is 0.250. The third kappa shape index (κ3) is 4.31. The quantitative estimate of drug-likeness (QED) is 0.350. The van der Waals surface area contributed by atoms with Crippen molar-refractivity contribution < 1.29 is 23.4 Å². The average molecular weight is 459 g/mol. The van der Waals surface area contributed by atoms with Gasteiger partial charge in [-0.25, -0.2) is 0 Å². The minimum Gasteiger partial charge on any atom is -0.497 e. The molecule has 3 aromatic carbocycles. The Balaban J connectivity index is 1.50. The summed E-state index contributed by atoms with van der Waals surface area (Å²) < 4.78 is 28.6. The Morgan fingerprint density at radius 3 is 2.65 bits per heavy atom. The van der Waals surface area contributed by atoms with Gasteiger partial charge in [-0.1, -0.05) is 31.5 Å². The highest BCUT2D eigenvalue weighted by molar-refractivity contribution is 5.84. The molecule has 5 rings (SSSR count). The number of benzene rings is 3. The molecule has 34 heavy (non-hydrogen) atoms. The highest BCUT2D eigenvalue weighted by atomic mass is 16.6. The maximum atomic E-state index is 13.4. The summed E-state index contributed by atoms with van der Waals surface area (Å²) in [6.45, 7) is 3.50. The monoisotopic (exact) mass is 458 g/mol. The molecule has 0 aliphatic carbocycles. The van der Waals surface area contributed by atoms with Gasteiger partial charge in [0, 0.05) is 6.07 Å². The largest absolute Gasteiger partial charge is 0.497 e. The Kier molecular flexibility index (Phi) is 6.12. The van der Waals surface area contributed by atoms with Crippen molar-refractivity contribution in [3.05, 3.63) is 82.2 Å². The van der Waals surface area contributed by atoms with Gasteiger partial charge in [0.2, 0.25) is 5.43 Å². The SMILES string of the molecule is CCCc1cc2c(=O)c(-c3ccc4c(c3)OCCO4)coc2cc1OCc1cccc(OC)c1. The second-order valence-corrected chi connectivity index (χ2v) is 8.18. The van der Waals surface area contributed by atoms with Crippen molar-refractivity contribution in [3.8, 4) is 34.1 Å². The Bertz CT molecular complexity index is 1390. The van der Waals surface area contributed by atoms with E-state index < -0.39 is 0 Å². The van der Waals surface area contributed by atoms with Crippen molar-refractivity contribution in [1.82, 2.24) is 0 Å². The zero-order chi connectivity index (χ0) is 23.5. The van der Waals surface area contributed by atoms with E-state index in [0.29, 0.717) is 53.6 Å². The van der Waals surface area contributed by atoms with Crippen LogP contribution in [0.3, 0.4) is 0 Å². The molecule has 0 amide bonds. The van der Waals surface area contributed by atoms with E-state index in [-0.39, 0.29) is 5.43 Å². The van der Waals surface area contributed by atoms with Gasteiger partial charge in [-0.2, -0.15) is 0 Å². The molecule has 0 bridgehead atoms. The molecule has 6 heteroatoms. The van der Waals surface area contributed by atoms with Crippen molar-refractivity contribution in [2.45, 2.75) is 26.4 Å². The second-order valence-electron chi connectivity index (χ2n) is 8.18. The summed E-state index contributed by atoms with van der Waals surface area (Å²) >= 11 is 0. The molecule has 0 unspecified atom stereocenters. The van der Waals surface area contributed by atoms with E-state index in [0.717, 1.165) is 35.3 Å². The summed E-state index contributed by atoms with van der Waals surface area (Å²) in [5.74, 6) is 2.82. The minimum absolute atomic E-state index is 0.0883. The summed E-state index contributed by atoms with van der Waals surface area (Å²) in [6.07, 6.45) is 3.21. The molecule has 1 aliphatic heterocycles. The van der Waals surface area contributed by atoms with Crippen LogP contribution in [0.25, 0.3) is 22.1 Å². The molecular formula is C28H26O6. The molecule has 0 radical (unpaired) electrons. The number of ether oxygens (including phenoxy) is 4. The van der Waals surface area contributed by atoms with Crippen LogP contribution in [-0.2, 0) is 13.0 Å². The number of hydrogen-bond donors (Lipinski definition) is 0. The smallest absolute Gasteiger partial charge is 0.200 e. The maximum absolute atomic E-state index is 13.4. The van der Waals surface area contributed by atoms with Crippen LogP contribution in [0.4, 0.5) is 0 Å². The molecule has 0 atom stereocenters. The van der Waals surface area contributed by atoms with Gasteiger partial charge in [-0.15, -0.1) is 0 Å². The zero-order valence-electron chi connectivity index (χ0n) is 19.3. The molecule has 1 aliphatic rings. The highest BCUT2D eigenvalue weighted by Gasteiger charge is 2.17. The van der Waals surface area contributed by atoms with Crippen molar-refractivity contribution >= 4 is 11.0 Å². The van der Waals surface area contributed by atoms with Crippen molar-refractivity contribution in [3.63, 3.8) is 0 Å². The van der Waals surface area contributed by atoms with E-state index in [1.54, 1.807) is 7.11 Å². The topological polar surface area (TPSA) is 67.1 Å². The first-order valence-electron chi connectivity index (χ1n) is 11.4. The van der Waals surface area contributed by atoms with Crippen LogP contribution >= 0.6 is 0 Å². The van der Waals surface area contributed by atoms with Gasteiger partial charge >= 0.3 is 0 Å². The normalized spacial score (nSPS) is 12.5. The fourth-order valence-corrected chi connectivity index (χ4v) is 4.13. The lowest BCUT2D eigenvalue weighted by Crippen LogP contribution is -2.15. The van der Waals surface area contributed by atoms with Gasteiger partial charge in [0.1, 0.15) is 43.2 Å². The van der Waals surface area contributed by atoms with Crippen molar-refractivity contribution in [2.24, 2.45) is 0 Å². The lowest BCUT2D eigenvalue weighted by atomic mass is 10.0. The Labute approximate surface area is 197 Å². The van der Waals surface area contributed by atoms with Gasteiger partial charge < -0.3 is 23.4 Å². The van der Waals surface area contributed by atoms with Crippen LogP contribution in [0.15, 0.2) is 70.1 Å². The third-order valence-corrected chi connectivity index (χ3v) is 5.86. The average Bonchev–Trinajstić information content (AvgIpc) is 2.88. The molecule has 4 aromatic rings. The van der Waals surface area contributed by atoms with E-state index in [1.807, 2.05) is 54.6 Å². The molecule has 0 N–H and O–H groups in total. The summed E-state index contributed by atoms with van der Waals surface area (Å²) in [6, 6.07) is 17.0. The fourth-order valence-electron chi connectivity index (χ4n) is 4.13. The number of hydrogen-bond acceptors (Lipinski definition) is 6. The van der Waals surface area contributed by atoms with E-state index in [4.69, 9.17) is 23.4 Å². The Morgan fingerprint density at radius 2 is 1.82 bits per heavy atom. The third-order valence-electron chi connectivity index (χ3n) is 5.86. The van der Waals surface area contributed by atoms with Crippen molar-refractivity contribution in [1.29, 1.82) is 0 Å². The van der Waals surface area contributed by atoms with Crippen molar-refractivity contribution in [2.75, 3.05) is 20.3 Å². The van der Waals surface area contributed by atoms with E-state index >= 15 is 0 Å². The predicted molar refractivity (Wildman–Crippen MR) is 130 cm³/mol. The standard InChI is InChI=1S/C28H26O6/c1-3-5-20-13-22-26(15-25(20)33-16-18-6-4-7-21(12-18)30-2)34-17-23(28(22)29)19-8-9-24-27(14-19)32-11-10-31-24/h4,6-9,12-15,17H,3,5,10-11,16H2,1-2H3. The number of rotatable bonds is 7. The van der Waals surface area contributed by atoms with Crippen LogP contribution in [0.2, 0.25) is 0 Å². The zero-order valence-corrected chi connectivity index (χ0v) is 19.3. The van der Waals surface area contributed by atoms with E-state index in [9.17, 15) is 4.79 Å². The number of methoxy groups -OCH3 is 1. The van der Waals surface area contributed by atoms with E-state index in [2.05, 4.69) is 6.92 Å². The molecule has 0 fully saturated rings. The van der Waals surface area contributed by atoms with Gasteiger partial charge in [0.25, 0.3) is 0 Å². The molecular weight excluding hydrogens is 432 g/mol. The summed E-state index contributed by atoms with van der Waals surface area (Å²) in [5.41, 5.74) is 3.59. The van der Waals surface area contributed by atoms with Crippen LogP contribution in [-0.4, -0.2) is 20.3 Å². The second kappa shape index (κ2) is 9.51. The van der Waals surface area contributed by atoms with Crippen LogP contribution in [0, 0.1) is 0 Å². The summed E-state index contributed by atoms with van der Waals surface area (Å²) in [4.78, 5) is 13.4. The Morgan fingerprint density at radius 1 is 0.971 bits per heavy atom. The molecule has 0 saturated heterocycles. The predicted octanol–water partition coefficient (Wildman–Crippen LogP) is 5.77. The first kappa shape index (κ1) is 21.9. The lowest BCUT2D eigenvalue weighted by molar-refractivity contribution is 0.171. The first-order valence-corrected chi connectivity index (χ1v) is 11.4. The summed E-state index contributed by atoms with van der Waals surface area (Å²) in [5, 5.41) is 0.532. The molecule has 2 heterocycles. The Hall–Kier alpha value is -3.93. The van der Waals surface area contributed by atoms with Crippen LogP contribution in [0.5, 0.6) is 23.0 Å². The first-order chi connectivity index (χ1) is 16.7. The number of aryl methyl sites for hydroxylation is 1. The van der Waals surface area contributed by atoms with Gasteiger partial charge in [-0.3, -0.25) is 4.79 Å². The van der Waals surface area contributed by atoms with E-state index in [1.165, 1.54) is 6.26 Å². The van der Waals surface area contributed by atoms with Crippen LogP contribution < -0.4 is 24.4 Å². The minimum atomic E-state index is -0.0883. The molecule has 0 saturated carbocycles. The molecule has 6 nitrogen and oxygen atoms in total. The lowest BCUT2D eigenvalue weighted by Gasteiger charge is -2.18. The molecule has 0 spiro atoms. The molecule has 174 valence electrons. The highest BCUT2D eigenvalue weighted by Crippen LogP contribution is 2.35. The van der Waals surface area contributed by atoms with Crippen LogP contribution in [0.1, 0.15) is 24.5 Å². The molecule has 1 aromatic heterocycles.